The molecular formula is C19H26N2O3S. The maximum Gasteiger partial charge on any atom is 0.241 e. The van der Waals surface area contributed by atoms with E-state index in [4.69, 9.17) is 4.74 Å². The van der Waals surface area contributed by atoms with Gasteiger partial charge in [-0.3, -0.25) is 0 Å². The van der Waals surface area contributed by atoms with E-state index in [1.807, 2.05) is 57.2 Å². The topological polar surface area (TPSA) is 67.4 Å². The van der Waals surface area contributed by atoms with E-state index in [-0.39, 0.29) is 0 Å². The Morgan fingerprint density at radius 3 is 2.40 bits per heavy atom. The summed E-state index contributed by atoms with van der Waals surface area (Å²) in [5.74, 6) is 0.802. The van der Waals surface area contributed by atoms with E-state index in [1.54, 1.807) is 19.2 Å². The zero-order chi connectivity index (χ0) is 18.5. The van der Waals surface area contributed by atoms with Gasteiger partial charge in [-0.2, -0.15) is 0 Å². The van der Waals surface area contributed by atoms with Crippen LogP contribution in [0.4, 0.5) is 0 Å². The zero-order valence-corrected chi connectivity index (χ0v) is 16.0. The lowest BCUT2D eigenvalue weighted by atomic mass is 10.1. The molecule has 0 aliphatic rings. The molecule has 0 amide bonds. The first-order chi connectivity index (χ1) is 11.7. The molecule has 136 valence electrons. The van der Waals surface area contributed by atoms with Crippen LogP contribution in [0, 0.1) is 0 Å². The minimum absolute atomic E-state index is 0.308. The fraction of sp³-hybridized carbons (Fsp3) is 0.368. The van der Waals surface area contributed by atoms with Gasteiger partial charge in [-0.1, -0.05) is 30.3 Å². The molecule has 2 rings (SSSR count). The van der Waals surface area contributed by atoms with Gasteiger partial charge >= 0.3 is 0 Å². The highest BCUT2D eigenvalue weighted by Gasteiger charge is 2.23. The molecule has 0 aromatic heterocycles. The summed E-state index contributed by atoms with van der Waals surface area (Å²) < 4.78 is 33.2. The van der Waals surface area contributed by atoms with Gasteiger partial charge in [0.25, 0.3) is 0 Å². The first-order valence-corrected chi connectivity index (χ1v) is 9.65. The number of hydrogen-bond acceptors (Lipinski definition) is 4. The van der Waals surface area contributed by atoms with Gasteiger partial charge in [0.1, 0.15) is 5.75 Å². The summed E-state index contributed by atoms with van der Waals surface area (Å²) in [7, 11) is -1.93. The lowest BCUT2D eigenvalue weighted by Gasteiger charge is -2.21. The van der Waals surface area contributed by atoms with E-state index < -0.39 is 15.6 Å². The van der Waals surface area contributed by atoms with Crippen molar-refractivity contribution in [3.05, 3.63) is 59.7 Å². The smallest absolute Gasteiger partial charge is 0.241 e. The molecule has 0 saturated carbocycles. The molecule has 0 spiro atoms. The van der Waals surface area contributed by atoms with Gasteiger partial charge in [-0.05, 0) is 50.1 Å². The molecule has 0 bridgehead atoms. The SMILES string of the molecule is COc1cccc(CNCc2ccccc2S(=O)(=O)NC(C)(C)C)c1. The van der Waals surface area contributed by atoms with E-state index in [1.165, 1.54) is 0 Å². The van der Waals surface area contributed by atoms with Crippen molar-refractivity contribution in [1.29, 1.82) is 0 Å². The van der Waals surface area contributed by atoms with Crippen LogP contribution in [0.1, 0.15) is 31.9 Å². The van der Waals surface area contributed by atoms with Crippen molar-refractivity contribution in [1.82, 2.24) is 10.0 Å². The maximum absolute atomic E-state index is 12.6. The van der Waals surface area contributed by atoms with Gasteiger partial charge in [0.05, 0.1) is 12.0 Å². The third kappa shape index (κ3) is 5.85. The largest absolute Gasteiger partial charge is 0.497 e. The average Bonchev–Trinajstić information content (AvgIpc) is 2.53. The Hall–Kier alpha value is -1.89. The second kappa shape index (κ2) is 7.99. The van der Waals surface area contributed by atoms with Crippen molar-refractivity contribution < 1.29 is 13.2 Å². The molecule has 0 aliphatic heterocycles. The van der Waals surface area contributed by atoms with Crippen LogP contribution < -0.4 is 14.8 Å². The summed E-state index contributed by atoms with van der Waals surface area (Å²) in [5.41, 5.74) is 1.29. The van der Waals surface area contributed by atoms with Crippen molar-refractivity contribution in [3.8, 4) is 5.75 Å². The van der Waals surface area contributed by atoms with Crippen molar-refractivity contribution >= 4 is 10.0 Å². The molecule has 0 saturated heterocycles. The number of hydrogen-bond donors (Lipinski definition) is 2. The number of sulfonamides is 1. The van der Waals surface area contributed by atoms with Crippen LogP contribution in [0.25, 0.3) is 0 Å². The lowest BCUT2D eigenvalue weighted by molar-refractivity contribution is 0.414. The van der Waals surface area contributed by atoms with E-state index in [9.17, 15) is 8.42 Å². The molecule has 0 fully saturated rings. The molecule has 0 unspecified atom stereocenters. The van der Waals surface area contributed by atoms with Crippen molar-refractivity contribution in [2.75, 3.05) is 7.11 Å². The highest BCUT2D eigenvalue weighted by atomic mass is 32.2. The van der Waals surface area contributed by atoms with Crippen molar-refractivity contribution in [2.24, 2.45) is 0 Å². The van der Waals surface area contributed by atoms with Gasteiger partial charge in [0.2, 0.25) is 10.0 Å². The van der Waals surface area contributed by atoms with Crippen LogP contribution in [0.3, 0.4) is 0 Å². The Morgan fingerprint density at radius 2 is 1.72 bits per heavy atom. The van der Waals surface area contributed by atoms with Gasteiger partial charge in [0, 0.05) is 18.6 Å². The fourth-order valence-electron chi connectivity index (χ4n) is 2.49. The van der Waals surface area contributed by atoms with Crippen LogP contribution in [0.2, 0.25) is 0 Å². The summed E-state index contributed by atoms with van der Waals surface area (Å²) in [6, 6.07) is 14.8. The zero-order valence-electron chi connectivity index (χ0n) is 15.2. The van der Waals surface area contributed by atoms with Crippen LogP contribution in [-0.2, 0) is 23.1 Å². The molecule has 25 heavy (non-hydrogen) atoms. The standard InChI is InChI=1S/C19H26N2O3S/c1-19(2,3)21-25(22,23)18-11-6-5-9-16(18)14-20-13-15-8-7-10-17(12-15)24-4/h5-12,20-21H,13-14H2,1-4H3. The minimum atomic E-state index is -3.56. The first kappa shape index (κ1) is 19.4. The maximum atomic E-state index is 12.6. The monoisotopic (exact) mass is 362 g/mol. The molecule has 0 heterocycles. The van der Waals surface area contributed by atoms with Gasteiger partial charge in [-0.25, -0.2) is 13.1 Å². The molecule has 0 atom stereocenters. The predicted molar refractivity (Wildman–Crippen MR) is 100 cm³/mol. The first-order valence-electron chi connectivity index (χ1n) is 8.17. The number of nitrogens with one attached hydrogen (secondary N) is 2. The lowest BCUT2D eigenvalue weighted by Crippen LogP contribution is -2.40. The van der Waals surface area contributed by atoms with E-state index in [0.717, 1.165) is 16.9 Å². The fourth-order valence-corrected chi connectivity index (χ4v) is 4.15. The molecule has 6 heteroatoms. The molecule has 5 nitrogen and oxygen atoms in total. The second-order valence-corrected chi connectivity index (χ2v) is 8.57. The van der Waals surface area contributed by atoms with Gasteiger partial charge in [-0.15, -0.1) is 0 Å². The Kier molecular flexibility index (Phi) is 6.21. The van der Waals surface area contributed by atoms with E-state index in [2.05, 4.69) is 10.0 Å². The summed E-state index contributed by atoms with van der Waals surface area (Å²) in [5, 5.41) is 3.30. The normalized spacial score (nSPS) is 12.2. The number of ether oxygens (including phenoxy) is 1. The molecule has 0 radical (unpaired) electrons. The molecule has 2 aromatic rings. The minimum Gasteiger partial charge on any atom is -0.497 e. The average molecular weight is 362 g/mol. The van der Waals surface area contributed by atoms with Crippen LogP contribution in [0.15, 0.2) is 53.4 Å². The van der Waals surface area contributed by atoms with E-state index >= 15 is 0 Å². The van der Waals surface area contributed by atoms with Crippen molar-refractivity contribution in [2.45, 2.75) is 44.3 Å². The van der Waals surface area contributed by atoms with E-state index in [0.29, 0.717) is 18.0 Å². The quantitative estimate of drug-likeness (QED) is 0.794. The molecule has 2 aromatic carbocycles. The highest BCUT2D eigenvalue weighted by Crippen LogP contribution is 2.18. The van der Waals surface area contributed by atoms with Crippen LogP contribution >= 0.6 is 0 Å². The van der Waals surface area contributed by atoms with Gasteiger partial charge < -0.3 is 10.1 Å². The molecular weight excluding hydrogens is 336 g/mol. The number of methoxy groups -OCH3 is 1. The van der Waals surface area contributed by atoms with Crippen LogP contribution in [0.5, 0.6) is 5.75 Å². The molecule has 2 N–H and O–H groups in total. The Morgan fingerprint density at radius 1 is 1.00 bits per heavy atom. The Balaban J connectivity index is 2.10. The Bertz CT molecular complexity index is 811. The third-order valence-electron chi connectivity index (χ3n) is 3.48. The number of rotatable bonds is 7. The third-order valence-corrected chi connectivity index (χ3v) is 5.34. The summed E-state index contributed by atoms with van der Waals surface area (Å²) >= 11 is 0. The Labute approximate surface area is 150 Å². The molecule has 0 aliphatic carbocycles. The summed E-state index contributed by atoms with van der Waals surface area (Å²) in [6.45, 7) is 6.56. The highest BCUT2D eigenvalue weighted by molar-refractivity contribution is 7.89. The summed E-state index contributed by atoms with van der Waals surface area (Å²) in [6.07, 6.45) is 0. The second-order valence-electron chi connectivity index (χ2n) is 6.92. The van der Waals surface area contributed by atoms with Crippen LogP contribution in [-0.4, -0.2) is 21.1 Å². The number of benzene rings is 2. The van der Waals surface area contributed by atoms with Gasteiger partial charge in [0.15, 0.2) is 0 Å². The summed E-state index contributed by atoms with van der Waals surface area (Å²) in [4.78, 5) is 0.308. The predicted octanol–water partition coefficient (Wildman–Crippen LogP) is 3.06. The van der Waals surface area contributed by atoms with Crippen molar-refractivity contribution in [3.63, 3.8) is 0 Å².